The van der Waals surface area contributed by atoms with Crippen molar-refractivity contribution in [3.63, 3.8) is 0 Å². The summed E-state index contributed by atoms with van der Waals surface area (Å²) in [4.78, 5) is 16.9. The first-order valence-electron chi connectivity index (χ1n) is 7.80. The summed E-state index contributed by atoms with van der Waals surface area (Å²) in [6.45, 7) is 2.00. The number of carbonyl (C=O) groups excluding carboxylic acids is 1. The van der Waals surface area contributed by atoms with Crippen LogP contribution in [0.2, 0.25) is 0 Å². The van der Waals surface area contributed by atoms with Gasteiger partial charge in [0.1, 0.15) is 11.2 Å². The Morgan fingerprint density at radius 1 is 1.17 bits per heavy atom. The number of pyridine rings is 1. The van der Waals surface area contributed by atoms with E-state index in [-0.39, 0.29) is 11.9 Å². The van der Waals surface area contributed by atoms with E-state index in [4.69, 9.17) is 14.2 Å². The quantitative estimate of drug-likeness (QED) is 0.790. The van der Waals surface area contributed by atoms with Gasteiger partial charge in [0.2, 0.25) is 5.88 Å². The molecule has 24 heavy (non-hydrogen) atoms. The second-order valence-corrected chi connectivity index (χ2v) is 6.06. The van der Waals surface area contributed by atoms with E-state index in [0.717, 1.165) is 16.7 Å². The smallest absolute Gasteiger partial charge is 0.317 e. The number of hydrogen-bond donors (Lipinski definition) is 0. The third-order valence-corrected chi connectivity index (χ3v) is 4.72. The third-order valence-electron chi connectivity index (χ3n) is 4.72. The van der Waals surface area contributed by atoms with Crippen molar-refractivity contribution in [2.24, 2.45) is 0 Å². The predicted octanol–water partition coefficient (Wildman–Crippen LogP) is 3.01. The number of rotatable bonds is 5. The standard InChI is InChI=1S/C19H21NO4/c1-12-5-7-16(22-2)14(9-12)19(18(21)24-4)10-15(19)13-6-8-17(23-3)20-11-13/h5-9,11,15H,10H2,1-4H3/t15-,19-/m1/s1. The number of ether oxygens (including phenoxy) is 3. The maximum absolute atomic E-state index is 12.7. The van der Waals surface area contributed by atoms with Crippen LogP contribution >= 0.6 is 0 Å². The first kappa shape index (κ1) is 16.3. The Morgan fingerprint density at radius 3 is 2.54 bits per heavy atom. The van der Waals surface area contributed by atoms with Gasteiger partial charge in [-0.1, -0.05) is 23.8 Å². The van der Waals surface area contributed by atoms with Crippen molar-refractivity contribution in [2.45, 2.75) is 24.7 Å². The number of hydrogen-bond acceptors (Lipinski definition) is 5. The molecular weight excluding hydrogens is 306 g/mol. The SMILES string of the molecule is COC(=O)[C@@]1(c2cc(C)ccc2OC)C[C@@H]1c1ccc(OC)nc1. The summed E-state index contributed by atoms with van der Waals surface area (Å²) in [6.07, 6.45) is 2.43. The zero-order chi connectivity index (χ0) is 17.3. The molecule has 1 saturated carbocycles. The van der Waals surface area contributed by atoms with Crippen LogP contribution in [0, 0.1) is 6.92 Å². The normalized spacial score (nSPS) is 21.9. The maximum atomic E-state index is 12.7. The van der Waals surface area contributed by atoms with E-state index in [1.165, 1.54) is 7.11 Å². The van der Waals surface area contributed by atoms with Crippen molar-refractivity contribution < 1.29 is 19.0 Å². The number of esters is 1. The van der Waals surface area contributed by atoms with Gasteiger partial charge in [0.25, 0.3) is 0 Å². The fraction of sp³-hybridized carbons (Fsp3) is 0.368. The molecule has 0 spiro atoms. The van der Waals surface area contributed by atoms with Crippen LogP contribution in [0.5, 0.6) is 11.6 Å². The topological polar surface area (TPSA) is 57.7 Å². The summed E-state index contributed by atoms with van der Waals surface area (Å²) in [5.41, 5.74) is 2.22. The number of aryl methyl sites for hydroxylation is 1. The number of benzene rings is 1. The molecule has 0 saturated heterocycles. The van der Waals surface area contributed by atoms with Crippen LogP contribution in [0.4, 0.5) is 0 Å². The molecule has 5 heteroatoms. The van der Waals surface area contributed by atoms with E-state index in [1.807, 2.05) is 37.3 Å². The Kier molecular flexibility index (Phi) is 4.18. The molecule has 0 bridgehead atoms. The average Bonchev–Trinajstić information content (AvgIpc) is 3.38. The van der Waals surface area contributed by atoms with Gasteiger partial charge in [0, 0.05) is 23.7 Å². The lowest BCUT2D eigenvalue weighted by atomic mass is 9.89. The summed E-state index contributed by atoms with van der Waals surface area (Å²) in [5, 5.41) is 0. The molecule has 1 aliphatic rings. The summed E-state index contributed by atoms with van der Waals surface area (Å²) in [6, 6.07) is 9.63. The van der Waals surface area contributed by atoms with Crippen LogP contribution in [0.3, 0.4) is 0 Å². The van der Waals surface area contributed by atoms with Crippen molar-refractivity contribution in [3.05, 3.63) is 53.2 Å². The predicted molar refractivity (Wildman–Crippen MR) is 89.6 cm³/mol. The van der Waals surface area contributed by atoms with E-state index in [1.54, 1.807) is 20.4 Å². The van der Waals surface area contributed by atoms with Crippen molar-refractivity contribution in [1.82, 2.24) is 4.98 Å². The number of carbonyl (C=O) groups is 1. The van der Waals surface area contributed by atoms with Crippen molar-refractivity contribution >= 4 is 5.97 Å². The largest absolute Gasteiger partial charge is 0.496 e. The second kappa shape index (κ2) is 6.15. The molecule has 0 amide bonds. The van der Waals surface area contributed by atoms with Gasteiger partial charge in [-0.2, -0.15) is 0 Å². The fourth-order valence-corrected chi connectivity index (χ4v) is 3.37. The molecule has 5 nitrogen and oxygen atoms in total. The van der Waals surface area contributed by atoms with E-state index in [9.17, 15) is 4.79 Å². The Morgan fingerprint density at radius 2 is 1.96 bits per heavy atom. The van der Waals surface area contributed by atoms with Gasteiger partial charge in [-0.25, -0.2) is 4.98 Å². The first-order chi connectivity index (χ1) is 11.6. The third kappa shape index (κ3) is 2.50. The van der Waals surface area contributed by atoms with Crippen LogP contribution in [0.1, 0.15) is 29.0 Å². The summed E-state index contributed by atoms with van der Waals surface area (Å²) < 4.78 is 15.7. The van der Waals surface area contributed by atoms with Gasteiger partial charge in [-0.3, -0.25) is 4.79 Å². The molecule has 2 atom stereocenters. The Labute approximate surface area is 141 Å². The van der Waals surface area contributed by atoms with Crippen molar-refractivity contribution in [3.8, 4) is 11.6 Å². The molecule has 1 aromatic heterocycles. The zero-order valence-corrected chi connectivity index (χ0v) is 14.3. The van der Waals surface area contributed by atoms with E-state index in [2.05, 4.69) is 4.98 Å². The Bertz CT molecular complexity index is 756. The van der Waals surface area contributed by atoms with Crippen LogP contribution in [-0.4, -0.2) is 32.3 Å². The maximum Gasteiger partial charge on any atom is 0.317 e. The van der Waals surface area contributed by atoms with Crippen LogP contribution in [0.15, 0.2) is 36.5 Å². The zero-order valence-electron chi connectivity index (χ0n) is 14.3. The highest BCUT2D eigenvalue weighted by Gasteiger charge is 2.64. The Balaban J connectivity index is 2.05. The minimum absolute atomic E-state index is 0.0130. The van der Waals surface area contributed by atoms with Gasteiger partial charge in [-0.05, 0) is 25.0 Å². The molecular formula is C19H21NO4. The van der Waals surface area contributed by atoms with E-state index in [0.29, 0.717) is 18.1 Å². The lowest BCUT2D eigenvalue weighted by Crippen LogP contribution is -2.25. The minimum Gasteiger partial charge on any atom is -0.496 e. The molecule has 126 valence electrons. The second-order valence-electron chi connectivity index (χ2n) is 6.06. The summed E-state index contributed by atoms with van der Waals surface area (Å²) in [7, 11) is 4.62. The van der Waals surface area contributed by atoms with Crippen LogP contribution in [0.25, 0.3) is 0 Å². The lowest BCUT2D eigenvalue weighted by molar-refractivity contribution is -0.143. The van der Waals surface area contributed by atoms with Gasteiger partial charge < -0.3 is 14.2 Å². The molecule has 0 radical (unpaired) electrons. The van der Waals surface area contributed by atoms with Gasteiger partial charge in [-0.15, -0.1) is 0 Å². The monoisotopic (exact) mass is 327 g/mol. The highest BCUT2D eigenvalue weighted by atomic mass is 16.5. The van der Waals surface area contributed by atoms with Gasteiger partial charge in [0.15, 0.2) is 0 Å². The molecule has 1 heterocycles. The molecule has 1 aromatic carbocycles. The fourth-order valence-electron chi connectivity index (χ4n) is 3.37. The average molecular weight is 327 g/mol. The Hall–Kier alpha value is -2.56. The molecule has 1 fully saturated rings. The van der Waals surface area contributed by atoms with Gasteiger partial charge in [0.05, 0.1) is 21.3 Å². The number of aromatic nitrogens is 1. The molecule has 0 aliphatic heterocycles. The van der Waals surface area contributed by atoms with Crippen molar-refractivity contribution in [1.29, 1.82) is 0 Å². The highest BCUT2D eigenvalue weighted by Crippen LogP contribution is 2.63. The van der Waals surface area contributed by atoms with Gasteiger partial charge >= 0.3 is 5.97 Å². The van der Waals surface area contributed by atoms with Crippen molar-refractivity contribution in [2.75, 3.05) is 21.3 Å². The number of methoxy groups -OCH3 is 3. The molecule has 0 unspecified atom stereocenters. The molecule has 1 aliphatic carbocycles. The molecule has 0 N–H and O–H groups in total. The highest BCUT2D eigenvalue weighted by molar-refractivity contribution is 5.90. The summed E-state index contributed by atoms with van der Waals surface area (Å²) in [5.74, 6) is 1.03. The van der Waals surface area contributed by atoms with Crippen LogP contribution in [-0.2, 0) is 14.9 Å². The first-order valence-corrected chi connectivity index (χ1v) is 7.80. The summed E-state index contributed by atoms with van der Waals surface area (Å²) >= 11 is 0. The van der Waals surface area contributed by atoms with Crippen LogP contribution < -0.4 is 9.47 Å². The number of nitrogens with zero attached hydrogens (tertiary/aromatic N) is 1. The molecule has 2 aromatic rings. The minimum atomic E-state index is -0.720. The lowest BCUT2D eigenvalue weighted by Gasteiger charge is -2.19. The van der Waals surface area contributed by atoms with E-state index >= 15 is 0 Å². The molecule has 3 rings (SSSR count). The van der Waals surface area contributed by atoms with E-state index < -0.39 is 5.41 Å².